The zero-order valence-electron chi connectivity index (χ0n) is 12.7. The average molecular weight is 328 g/mol. The van der Waals surface area contributed by atoms with Gasteiger partial charge >= 0.3 is 5.97 Å². The van der Waals surface area contributed by atoms with Crippen LogP contribution in [0.25, 0.3) is 10.2 Å². The van der Waals surface area contributed by atoms with Crippen molar-refractivity contribution in [2.24, 2.45) is 0 Å². The van der Waals surface area contributed by atoms with Gasteiger partial charge in [-0.1, -0.05) is 0 Å². The van der Waals surface area contributed by atoms with E-state index >= 15 is 0 Å². The number of fused-ring (bicyclic) bond motifs is 1. The zero-order valence-corrected chi connectivity index (χ0v) is 14.2. The van der Waals surface area contributed by atoms with Gasteiger partial charge in [-0.2, -0.15) is 0 Å². The highest BCUT2D eigenvalue weighted by atomic mass is 35.5. The second kappa shape index (κ2) is 6.15. The second-order valence-corrected chi connectivity index (χ2v) is 6.67. The van der Waals surface area contributed by atoms with Crippen LogP contribution in [0.15, 0.2) is 0 Å². The Morgan fingerprint density at radius 1 is 1.29 bits per heavy atom. The Hall–Kier alpha value is -1.40. The molecule has 0 atom stereocenters. The molecule has 0 unspecified atom stereocenters. The maximum atomic E-state index is 12.2. The van der Waals surface area contributed by atoms with Crippen LogP contribution < -0.4 is 5.32 Å². The minimum atomic E-state index is -0.336. The third kappa shape index (κ3) is 3.44. The molecular formula is C14H18ClN3O2S. The van der Waals surface area contributed by atoms with Crippen LogP contribution in [0.3, 0.4) is 0 Å². The fourth-order valence-electron chi connectivity index (χ4n) is 1.95. The van der Waals surface area contributed by atoms with E-state index in [9.17, 15) is 4.79 Å². The van der Waals surface area contributed by atoms with Crippen LogP contribution in [0.2, 0.25) is 5.28 Å². The van der Waals surface area contributed by atoms with E-state index < -0.39 is 0 Å². The van der Waals surface area contributed by atoms with Crippen LogP contribution >= 0.6 is 22.9 Å². The van der Waals surface area contributed by atoms with Gasteiger partial charge in [-0.3, -0.25) is 0 Å². The number of esters is 1. The Bertz CT molecular complexity index is 682. The molecule has 0 radical (unpaired) electrons. The van der Waals surface area contributed by atoms with Gasteiger partial charge in [0, 0.05) is 6.04 Å². The van der Waals surface area contributed by atoms with Crippen molar-refractivity contribution in [3.8, 4) is 0 Å². The van der Waals surface area contributed by atoms with E-state index in [1.54, 1.807) is 0 Å². The number of anilines is 1. The Balaban J connectivity index is 2.57. The predicted octanol–water partition coefficient (Wildman–Crippen LogP) is 4.04. The molecule has 21 heavy (non-hydrogen) atoms. The molecule has 0 amide bonds. The first-order valence-electron chi connectivity index (χ1n) is 6.73. The molecule has 0 aliphatic carbocycles. The number of thiophene rings is 1. The van der Waals surface area contributed by atoms with Gasteiger partial charge in [-0.05, 0) is 51.8 Å². The molecule has 0 aromatic carbocycles. The van der Waals surface area contributed by atoms with Crippen molar-refractivity contribution in [3.05, 3.63) is 15.7 Å². The molecule has 0 fully saturated rings. The highest BCUT2D eigenvalue weighted by molar-refractivity contribution is 7.20. The SMILES string of the molecule is Cc1c(C(=O)OC(C)C)sc2nc(Cl)nc(NC(C)C)c12. The van der Waals surface area contributed by atoms with Crippen molar-refractivity contribution in [2.45, 2.75) is 46.8 Å². The van der Waals surface area contributed by atoms with E-state index in [0.29, 0.717) is 15.5 Å². The van der Waals surface area contributed by atoms with Crippen LogP contribution in [-0.4, -0.2) is 28.1 Å². The fraction of sp³-hybridized carbons (Fsp3) is 0.500. The molecule has 1 N–H and O–H groups in total. The minimum absolute atomic E-state index is 0.162. The summed E-state index contributed by atoms with van der Waals surface area (Å²) in [7, 11) is 0. The molecule has 0 aliphatic heterocycles. The van der Waals surface area contributed by atoms with E-state index in [0.717, 1.165) is 10.9 Å². The summed E-state index contributed by atoms with van der Waals surface area (Å²) in [6.45, 7) is 9.54. The van der Waals surface area contributed by atoms with Crippen molar-refractivity contribution in [1.82, 2.24) is 9.97 Å². The summed E-state index contributed by atoms with van der Waals surface area (Å²) in [5.74, 6) is 0.314. The third-order valence-corrected chi connectivity index (χ3v) is 4.05. The van der Waals surface area contributed by atoms with Crippen molar-refractivity contribution in [2.75, 3.05) is 5.32 Å². The number of aromatic nitrogens is 2. The molecule has 2 aromatic heterocycles. The first kappa shape index (κ1) is 16.0. The van der Waals surface area contributed by atoms with Gasteiger partial charge in [-0.25, -0.2) is 14.8 Å². The molecule has 114 valence electrons. The van der Waals surface area contributed by atoms with Crippen molar-refractivity contribution < 1.29 is 9.53 Å². The van der Waals surface area contributed by atoms with Gasteiger partial charge in [0.25, 0.3) is 0 Å². The standard InChI is InChI=1S/C14H18ClN3O2S/c1-6(2)16-11-9-8(5)10(13(19)20-7(3)4)21-12(9)18-14(15)17-11/h6-7H,1-5H3,(H,16,17,18). The largest absolute Gasteiger partial charge is 0.459 e. The number of halogens is 1. The Morgan fingerprint density at radius 2 is 1.95 bits per heavy atom. The van der Waals surface area contributed by atoms with E-state index in [1.807, 2.05) is 34.6 Å². The van der Waals surface area contributed by atoms with Gasteiger partial charge < -0.3 is 10.1 Å². The molecule has 0 aliphatic rings. The van der Waals surface area contributed by atoms with Crippen molar-refractivity contribution in [3.63, 3.8) is 0 Å². The summed E-state index contributed by atoms with van der Waals surface area (Å²) >= 11 is 7.24. The fourth-order valence-corrected chi connectivity index (χ4v) is 3.24. The lowest BCUT2D eigenvalue weighted by Gasteiger charge is -2.11. The maximum absolute atomic E-state index is 12.2. The number of carbonyl (C=O) groups is 1. The topological polar surface area (TPSA) is 64.1 Å². The lowest BCUT2D eigenvalue weighted by Crippen LogP contribution is -2.12. The molecule has 0 saturated carbocycles. The lowest BCUT2D eigenvalue weighted by atomic mass is 10.2. The molecular weight excluding hydrogens is 310 g/mol. The first-order chi connectivity index (χ1) is 9.79. The summed E-state index contributed by atoms with van der Waals surface area (Å²) in [4.78, 5) is 21.8. The molecule has 5 nitrogen and oxygen atoms in total. The van der Waals surface area contributed by atoms with Gasteiger partial charge in [-0.15, -0.1) is 11.3 Å². The van der Waals surface area contributed by atoms with Gasteiger partial charge in [0.05, 0.1) is 11.5 Å². The summed E-state index contributed by atoms with van der Waals surface area (Å²) in [6.07, 6.45) is -0.162. The minimum Gasteiger partial charge on any atom is -0.459 e. The van der Waals surface area contributed by atoms with Crippen LogP contribution in [0, 0.1) is 6.92 Å². The number of hydrogen-bond acceptors (Lipinski definition) is 6. The molecule has 2 aromatic rings. The van der Waals surface area contributed by atoms with Crippen molar-refractivity contribution >= 4 is 44.9 Å². The number of hydrogen-bond donors (Lipinski definition) is 1. The smallest absolute Gasteiger partial charge is 0.348 e. The molecule has 2 rings (SSSR count). The number of ether oxygens (including phenoxy) is 1. The Morgan fingerprint density at radius 3 is 2.52 bits per heavy atom. The lowest BCUT2D eigenvalue weighted by molar-refractivity contribution is 0.0383. The number of carbonyl (C=O) groups excluding carboxylic acids is 1. The second-order valence-electron chi connectivity index (χ2n) is 5.33. The summed E-state index contributed by atoms with van der Waals surface area (Å²) in [6, 6.07) is 0.199. The Kier molecular flexibility index (Phi) is 4.68. The van der Waals surface area contributed by atoms with Crippen LogP contribution in [0.4, 0.5) is 5.82 Å². The molecule has 0 bridgehead atoms. The summed E-state index contributed by atoms with van der Waals surface area (Å²) in [5.41, 5.74) is 0.820. The van der Waals surface area contributed by atoms with Crippen LogP contribution in [-0.2, 0) is 4.74 Å². The van der Waals surface area contributed by atoms with E-state index in [-0.39, 0.29) is 23.4 Å². The molecule has 0 spiro atoms. The molecule has 7 heteroatoms. The average Bonchev–Trinajstić information content (AvgIpc) is 2.64. The number of aryl methyl sites for hydroxylation is 1. The zero-order chi connectivity index (χ0) is 15.7. The van der Waals surface area contributed by atoms with Crippen LogP contribution in [0.1, 0.15) is 42.9 Å². The summed E-state index contributed by atoms with van der Waals surface area (Å²) in [5, 5.41) is 4.23. The monoisotopic (exact) mass is 327 g/mol. The van der Waals surface area contributed by atoms with Gasteiger partial charge in [0.15, 0.2) is 0 Å². The molecule has 2 heterocycles. The summed E-state index contributed by atoms with van der Waals surface area (Å²) < 4.78 is 5.27. The Labute approximate surface area is 132 Å². The maximum Gasteiger partial charge on any atom is 0.348 e. The quantitative estimate of drug-likeness (QED) is 0.678. The van der Waals surface area contributed by atoms with E-state index in [4.69, 9.17) is 16.3 Å². The highest BCUT2D eigenvalue weighted by Crippen LogP contribution is 2.35. The van der Waals surface area contributed by atoms with E-state index in [2.05, 4.69) is 15.3 Å². The third-order valence-electron chi connectivity index (χ3n) is 2.72. The normalized spacial score (nSPS) is 11.4. The number of rotatable bonds is 4. The highest BCUT2D eigenvalue weighted by Gasteiger charge is 2.22. The van der Waals surface area contributed by atoms with Crippen LogP contribution in [0.5, 0.6) is 0 Å². The van der Waals surface area contributed by atoms with E-state index in [1.165, 1.54) is 11.3 Å². The first-order valence-corrected chi connectivity index (χ1v) is 7.93. The predicted molar refractivity (Wildman–Crippen MR) is 86.5 cm³/mol. The number of nitrogens with one attached hydrogen (secondary N) is 1. The molecule has 0 saturated heterocycles. The van der Waals surface area contributed by atoms with Crippen molar-refractivity contribution in [1.29, 1.82) is 0 Å². The van der Waals surface area contributed by atoms with Gasteiger partial charge in [0.1, 0.15) is 15.5 Å². The van der Waals surface area contributed by atoms with Gasteiger partial charge in [0.2, 0.25) is 5.28 Å². The number of nitrogens with zero attached hydrogens (tertiary/aromatic N) is 2.